The topological polar surface area (TPSA) is 29.3 Å². The predicted octanol–water partition coefficient (Wildman–Crippen LogP) is 3.24. The van der Waals surface area contributed by atoms with Crippen LogP contribution in [0.2, 0.25) is 0 Å². The van der Waals surface area contributed by atoms with Crippen LogP contribution in [0.3, 0.4) is 0 Å². The molecule has 0 aliphatic heterocycles. The normalized spacial score (nSPS) is 13.8. The van der Waals surface area contributed by atoms with E-state index in [0.717, 1.165) is 11.0 Å². The van der Waals surface area contributed by atoms with Crippen LogP contribution in [0.5, 0.6) is 0 Å². The van der Waals surface area contributed by atoms with Crippen molar-refractivity contribution in [2.24, 2.45) is 5.73 Å². The van der Waals surface area contributed by atoms with Crippen molar-refractivity contribution in [3.63, 3.8) is 0 Å². The summed E-state index contributed by atoms with van der Waals surface area (Å²) in [7, 11) is 0. The molecule has 0 fully saturated rings. The van der Waals surface area contributed by atoms with E-state index in [-0.39, 0.29) is 0 Å². The van der Waals surface area contributed by atoms with Gasteiger partial charge in [0.2, 0.25) is 0 Å². The van der Waals surface area contributed by atoms with Gasteiger partial charge in [0.15, 0.2) is 0 Å². The second-order valence-electron chi connectivity index (χ2n) is 3.84. The Kier molecular flexibility index (Phi) is 5.26. The number of likely N-dealkylation sites (N-methyl/N-ethyl adjacent to an activating group) is 1. The van der Waals surface area contributed by atoms with Crippen LogP contribution in [-0.2, 0) is 0 Å². The highest BCUT2D eigenvalue weighted by Gasteiger charge is 2.21. The van der Waals surface area contributed by atoms with Crippen molar-refractivity contribution in [2.45, 2.75) is 32.9 Å². The van der Waals surface area contributed by atoms with Crippen molar-refractivity contribution in [3.05, 3.63) is 20.8 Å². The predicted molar refractivity (Wildman–Crippen MR) is 71.3 cm³/mol. The molecule has 0 radical (unpaired) electrons. The van der Waals surface area contributed by atoms with Crippen LogP contribution in [0.4, 0.5) is 0 Å². The monoisotopic (exact) mass is 290 g/mol. The van der Waals surface area contributed by atoms with E-state index in [1.807, 2.05) is 0 Å². The molecule has 1 unspecified atom stereocenters. The Morgan fingerprint density at radius 2 is 2.20 bits per heavy atom. The summed E-state index contributed by atoms with van der Waals surface area (Å²) in [5.74, 6) is 0. The molecule has 4 heteroatoms. The number of thiophene rings is 1. The van der Waals surface area contributed by atoms with Crippen LogP contribution in [0.15, 0.2) is 15.9 Å². The quantitative estimate of drug-likeness (QED) is 0.902. The lowest BCUT2D eigenvalue weighted by atomic mass is 10.1. The Morgan fingerprint density at radius 3 is 2.53 bits per heavy atom. The van der Waals surface area contributed by atoms with Crippen LogP contribution in [-0.4, -0.2) is 24.0 Å². The molecule has 1 heterocycles. The second kappa shape index (κ2) is 5.99. The van der Waals surface area contributed by atoms with Gasteiger partial charge in [0.25, 0.3) is 0 Å². The van der Waals surface area contributed by atoms with Gasteiger partial charge in [-0.2, -0.15) is 0 Å². The highest BCUT2D eigenvalue weighted by atomic mass is 79.9. The molecular formula is C11H19BrN2S. The SMILES string of the molecule is CCN(C(C)C)C(CN)c1cc(Br)cs1. The van der Waals surface area contributed by atoms with Gasteiger partial charge in [-0.15, -0.1) is 11.3 Å². The van der Waals surface area contributed by atoms with E-state index in [0.29, 0.717) is 18.6 Å². The lowest BCUT2D eigenvalue weighted by molar-refractivity contribution is 0.169. The number of halogens is 1. The second-order valence-corrected chi connectivity index (χ2v) is 5.70. The molecule has 1 atom stereocenters. The van der Waals surface area contributed by atoms with Gasteiger partial charge in [0.05, 0.1) is 6.04 Å². The minimum absolute atomic E-state index is 0.353. The maximum atomic E-state index is 5.88. The van der Waals surface area contributed by atoms with Gasteiger partial charge in [0.1, 0.15) is 0 Å². The molecule has 0 aliphatic carbocycles. The molecule has 2 N–H and O–H groups in total. The van der Waals surface area contributed by atoms with Crippen molar-refractivity contribution in [1.29, 1.82) is 0 Å². The highest BCUT2D eigenvalue weighted by Crippen LogP contribution is 2.29. The van der Waals surface area contributed by atoms with Gasteiger partial charge in [-0.25, -0.2) is 0 Å². The van der Waals surface area contributed by atoms with Crippen LogP contribution >= 0.6 is 27.3 Å². The highest BCUT2D eigenvalue weighted by molar-refractivity contribution is 9.10. The first-order valence-electron chi connectivity index (χ1n) is 5.29. The van der Waals surface area contributed by atoms with E-state index >= 15 is 0 Å². The van der Waals surface area contributed by atoms with Gasteiger partial charge >= 0.3 is 0 Å². The van der Waals surface area contributed by atoms with Gasteiger partial charge < -0.3 is 5.73 Å². The molecule has 1 aromatic heterocycles. The van der Waals surface area contributed by atoms with Crippen molar-refractivity contribution in [3.8, 4) is 0 Å². The summed E-state index contributed by atoms with van der Waals surface area (Å²) in [6, 6.07) is 3.06. The first-order valence-corrected chi connectivity index (χ1v) is 6.97. The first kappa shape index (κ1) is 13.2. The Hall–Kier alpha value is 0.1000. The largest absolute Gasteiger partial charge is 0.329 e. The Morgan fingerprint density at radius 1 is 1.53 bits per heavy atom. The molecule has 15 heavy (non-hydrogen) atoms. The first-order chi connectivity index (χ1) is 7.10. The maximum Gasteiger partial charge on any atom is 0.0566 e. The minimum atomic E-state index is 0.353. The average Bonchev–Trinajstić information content (AvgIpc) is 2.60. The molecule has 0 aromatic carbocycles. The van der Waals surface area contributed by atoms with Crippen LogP contribution in [0, 0.1) is 0 Å². The maximum absolute atomic E-state index is 5.88. The molecule has 0 amide bonds. The molecule has 0 saturated carbocycles. The van der Waals surface area contributed by atoms with Crippen LogP contribution < -0.4 is 5.73 Å². The average molecular weight is 291 g/mol. The van der Waals surface area contributed by atoms with Crippen molar-refractivity contribution < 1.29 is 0 Å². The third-order valence-electron chi connectivity index (χ3n) is 2.57. The molecule has 1 aromatic rings. The molecule has 2 nitrogen and oxygen atoms in total. The fourth-order valence-corrected chi connectivity index (χ4v) is 3.44. The van der Waals surface area contributed by atoms with Crippen molar-refractivity contribution in [2.75, 3.05) is 13.1 Å². The summed E-state index contributed by atoms with van der Waals surface area (Å²) < 4.78 is 1.15. The van der Waals surface area contributed by atoms with Crippen LogP contribution in [0.25, 0.3) is 0 Å². The molecule has 0 aliphatic rings. The zero-order chi connectivity index (χ0) is 11.4. The number of hydrogen-bond acceptors (Lipinski definition) is 3. The molecule has 0 bridgehead atoms. The van der Waals surface area contributed by atoms with Gasteiger partial charge in [-0.3, -0.25) is 4.90 Å². The Balaban J connectivity index is 2.86. The lowest BCUT2D eigenvalue weighted by Crippen LogP contribution is -2.38. The number of nitrogens with zero attached hydrogens (tertiary/aromatic N) is 1. The molecule has 1 rings (SSSR count). The molecular weight excluding hydrogens is 272 g/mol. The number of hydrogen-bond donors (Lipinski definition) is 1. The zero-order valence-electron chi connectivity index (χ0n) is 9.53. The van der Waals surface area contributed by atoms with Crippen LogP contribution in [0.1, 0.15) is 31.7 Å². The molecule has 0 spiro atoms. The lowest BCUT2D eigenvalue weighted by Gasteiger charge is -2.32. The fourth-order valence-electron chi connectivity index (χ4n) is 1.86. The minimum Gasteiger partial charge on any atom is -0.329 e. The Bertz CT molecular complexity index is 299. The summed E-state index contributed by atoms with van der Waals surface area (Å²) in [6.45, 7) is 8.34. The van der Waals surface area contributed by atoms with E-state index < -0.39 is 0 Å². The van der Waals surface area contributed by atoms with E-state index in [1.54, 1.807) is 11.3 Å². The smallest absolute Gasteiger partial charge is 0.0566 e. The van der Waals surface area contributed by atoms with Gasteiger partial charge in [-0.05, 0) is 42.4 Å². The fraction of sp³-hybridized carbons (Fsp3) is 0.636. The summed E-state index contributed by atoms with van der Waals surface area (Å²) >= 11 is 5.26. The van der Waals surface area contributed by atoms with E-state index in [9.17, 15) is 0 Å². The van der Waals surface area contributed by atoms with Crippen molar-refractivity contribution in [1.82, 2.24) is 4.90 Å². The van der Waals surface area contributed by atoms with Crippen molar-refractivity contribution >= 4 is 27.3 Å². The third-order valence-corrected chi connectivity index (χ3v) is 4.36. The van der Waals surface area contributed by atoms with E-state index in [4.69, 9.17) is 5.73 Å². The van der Waals surface area contributed by atoms with E-state index in [1.165, 1.54) is 4.88 Å². The standard InChI is InChI=1S/C11H19BrN2S/c1-4-14(8(2)3)10(6-13)11-5-9(12)7-15-11/h5,7-8,10H,4,6,13H2,1-3H3. The number of rotatable bonds is 5. The van der Waals surface area contributed by atoms with Gasteiger partial charge in [-0.1, -0.05) is 6.92 Å². The van der Waals surface area contributed by atoms with E-state index in [2.05, 4.69) is 53.0 Å². The zero-order valence-corrected chi connectivity index (χ0v) is 11.9. The van der Waals surface area contributed by atoms with Gasteiger partial charge in [0, 0.05) is 27.3 Å². The summed E-state index contributed by atoms with van der Waals surface area (Å²) in [6.07, 6.45) is 0. The number of nitrogens with two attached hydrogens (primary N) is 1. The summed E-state index contributed by atoms with van der Waals surface area (Å²) in [5, 5.41) is 2.12. The molecule has 0 saturated heterocycles. The Labute approximate surface area is 105 Å². The summed E-state index contributed by atoms with van der Waals surface area (Å²) in [5.41, 5.74) is 5.88. The third kappa shape index (κ3) is 3.28. The summed E-state index contributed by atoms with van der Waals surface area (Å²) in [4.78, 5) is 3.78. The molecule has 86 valence electrons.